The molecule has 0 aromatic carbocycles. The van der Waals surface area contributed by atoms with Gasteiger partial charge in [0.1, 0.15) is 0 Å². The van der Waals surface area contributed by atoms with Gasteiger partial charge in [0.15, 0.2) is 0 Å². The van der Waals surface area contributed by atoms with E-state index in [-0.39, 0.29) is 37.2 Å². The topological polar surface area (TPSA) is 105 Å². The van der Waals surface area contributed by atoms with Crippen molar-refractivity contribution in [2.24, 2.45) is 0 Å². The predicted octanol–water partition coefficient (Wildman–Crippen LogP) is -3.24. The molecule has 0 amide bonds. The first-order valence-electron chi connectivity index (χ1n) is 2.06. The average Bonchev–Trinajstić information content (AvgIpc) is 1.61. The Bertz CT molecular complexity index is 98.2. The molecule has 0 bridgehead atoms. The Morgan fingerprint density at radius 2 is 1.20 bits per heavy atom. The molecule has 6 heteroatoms. The Labute approximate surface area is 69.5 Å². The number of carbonyl (C=O) groups is 2. The summed E-state index contributed by atoms with van der Waals surface area (Å²) in [4.78, 5) is 19.3. The van der Waals surface area contributed by atoms with Crippen LogP contribution in [-0.2, 0) is 9.59 Å². The molecule has 0 saturated heterocycles. The molecule has 0 rings (SSSR count). The van der Waals surface area contributed by atoms with Gasteiger partial charge in [-0.05, 0) is 0 Å². The second kappa shape index (κ2) is 8.50. The SMILES string of the molecule is O=C(O)CCC(=O)O.[Li+].[OH-]. The summed E-state index contributed by atoms with van der Waals surface area (Å²) in [6.07, 6.45) is -0.593. The first-order chi connectivity index (χ1) is 3.63. The van der Waals surface area contributed by atoms with E-state index in [9.17, 15) is 9.59 Å². The van der Waals surface area contributed by atoms with Crippen molar-refractivity contribution in [1.82, 2.24) is 0 Å². The van der Waals surface area contributed by atoms with Crippen molar-refractivity contribution in [3.63, 3.8) is 0 Å². The summed E-state index contributed by atoms with van der Waals surface area (Å²) < 4.78 is 0. The molecule has 0 aliphatic rings. The van der Waals surface area contributed by atoms with Crippen LogP contribution in [0, 0.1) is 0 Å². The van der Waals surface area contributed by atoms with Crippen molar-refractivity contribution >= 4 is 11.9 Å². The summed E-state index contributed by atoms with van der Waals surface area (Å²) in [5.41, 5.74) is 0. The van der Waals surface area contributed by atoms with Gasteiger partial charge in [-0.1, -0.05) is 0 Å². The zero-order valence-electron chi connectivity index (χ0n) is 5.57. The minimum absolute atomic E-state index is 0. The van der Waals surface area contributed by atoms with E-state index >= 15 is 0 Å². The Hall–Kier alpha value is -0.503. The molecule has 3 N–H and O–H groups in total. The summed E-state index contributed by atoms with van der Waals surface area (Å²) in [6, 6.07) is 0. The number of rotatable bonds is 3. The van der Waals surface area contributed by atoms with E-state index in [1.54, 1.807) is 0 Å². The third kappa shape index (κ3) is 15.6. The molecule has 0 aromatic heterocycles. The zero-order chi connectivity index (χ0) is 6.57. The molecule has 0 aliphatic carbocycles. The minimum atomic E-state index is -1.08. The maximum atomic E-state index is 9.64. The molecule has 0 saturated carbocycles. The van der Waals surface area contributed by atoms with Gasteiger partial charge in [-0.2, -0.15) is 0 Å². The van der Waals surface area contributed by atoms with Crippen molar-refractivity contribution in [2.75, 3.05) is 0 Å². The third-order valence-corrected chi connectivity index (χ3v) is 0.553. The summed E-state index contributed by atoms with van der Waals surface area (Å²) in [6.45, 7) is 0. The number of carboxylic acid groups (broad SMARTS) is 2. The molecule has 0 radical (unpaired) electrons. The fourth-order valence-electron chi connectivity index (χ4n) is 0.214. The normalized spacial score (nSPS) is 6.80. The van der Waals surface area contributed by atoms with Crippen LogP contribution in [0.15, 0.2) is 0 Å². The molecular weight excluding hydrogens is 135 g/mol. The van der Waals surface area contributed by atoms with E-state index in [1.807, 2.05) is 0 Å². The minimum Gasteiger partial charge on any atom is -0.870 e. The average molecular weight is 142 g/mol. The van der Waals surface area contributed by atoms with Crippen LogP contribution in [0.2, 0.25) is 0 Å². The van der Waals surface area contributed by atoms with Gasteiger partial charge >= 0.3 is 30.8 Å². The van der Waals surface area contributed by atoms with Gasteiger partial charge in [0, 0.05) is 0 Å². The van der Waals surface area contributed by atoms with Gasteiger partial charge in [0.2, 0.25) is 0 Å². The monoisotopic (exact) mass is 142 g/mol. The largest absolute Gasteiger partial charge is 1.00 e. The Morgan fingerprint density at radius 3 is 1.30 bits per heavy atom. The van der Waals surface area contributed by atoms with E-state index in [2.05, 4.69) is 0 Å². The molecule has 0 unspecified atom stereocenters. The van der Waals surface area contributed by atoms with Gasteiger partial charge < -0.3 is 15.7 Å². The van der Waals surface area contributed by atoms with Crippen LogP contribution in [-0.4, -0.2) is 27.6 Å². The smallest absolute Gasteiger partial charge is 0.870 e. The third-order valence-electron chi connectivity index (χ3n) is 0.553. The summed E-state index contributed by atoms with van der Waals surface area (Å²) in [7, 11) is 0. The van der Waals surface area contributed by atoms with E-state index in [1.165, 1.54) is 0 Å². The van der Waals surface area contributed by atoms with Crippen molar-refractivity contribution in [3.8, 4) is 0 Å². The number of carboxylic acids is 2. The second-order valence-corrected chi connectivity index (χ2v) is 1.29. The number of hydrogen-bond donors (Lipinski definition) is 2. The van der Waals surface area contributed by atoms with Gasteiger partial charge in [-0.25, -0.2) is 0 Å². The first kappa shape index (κ1) is 16.2. The van der Waals surface area contributed by atoms with Crippen LogP contribution in [0.5, 0.6) is 0 Å². The molecule has 0 heterocycles. The van der Waals surface area contributed by atoms with Crippen LogP contribution in [0.4, 0.5) is 0 Å². The molecule has 54 valence electrons. The zero-order valence-corrected chi connectivity index (χ0v) is 5.57. The van der Waals surface area contributed by atoms with Gasteiger partial charge in [-0.15, -0.1) is 0 Å². The number of aliphatic carboxylic acids is 2. The Kier molecular flexibility index (Phi) is 13.8. The van der Waals surface area contributed by atoms with Gasteiger partial charge in [0.25, 0.3) is 0 Å². The molecule has 5 nitrogen and oxygen atoms in total. The molecular formula is C4H7LiO5. The predicted molar refractivity (Wildman–Crippen MR) is 26.4 cm³/mol. The summed E-state index contributed by atoms with van der Waals surface area (Å²) in [5, 5.41) is 15.8. The Balaban J connectivity index is -0.000000245. The van der Waals surface area contributed by atoms with E-state index in [4.69, 9.17) is 10.2 Å². The second-order valence-electron chi connectivity index (χ2n) is 1.29. The molecule has 10 heavy (non-hydrogen) atoms. The van der Waals surface area contributed by atoms with E-state index in [0.29, 0.717) is 0 Å². The van der Waals surface area contributed by atoms with Crippen molar-refractivity contribution < 1.29 is 44.1 Å². The maximum absolute atomic E-state index is 9.64. The van der Waals surface area contributed by atoms with Gasteiger partial charge in [0.05, 0.1) is 12.8 Å². The maximum Gasteiger partial charge on any atom is 1.00 e. The molecule has 0 atom stereocenters. The van der Waals surface area contributed by atoms with Crippen molar-refractivity contribution in [1.29, 1.82) is 0 Å². The quantitative estimate of drug-likeness (QED) is 0.403. The fourth-order valence-corrected chi connectivity index (χ4v) is 0.214. The standard InChI is InChI=1S/C4H6O4.Li.H2O/c5-3(6)1-2-4(7)8;;/h1-2H2,(H,5,6)(H,7,8);;1H2/q;+1;/p-1. The Morgan fingerprint density at radius 1 is 1.00 bits per heavy atom. The molecule has 0 spiro atoms. The fraction of sp³-hybridized carbons (Fsp3) is 0.500. The van der Waals surface area contributed by atoms with Crippen LogP contribution < -0.4 is 18.9 Å². The van der Waals surface area contributed by atoms with Crippen molar-refractivity contribution in [3.05, 3.63) is 0 Å². The molecule has 0 aromatic rings. The molecule has 0 aliphatic heterocycles. The van der Waals surface area contributed by atoms with Crippen LogP contribution in [0.1, 0.15) is 12.8 Å². The van der Waals surface area contributed by atoms with Gasteiger partial charge in [-0.3, -0.25) is 9.59 Å². The van der Waals surface area contributed by atoms with E-state index < -0.39 is 11.9 Å². The van der Waals surface area contributed by atoms with E-state index in [0.717, 1.165) is 0 Å². The van der Waals surface area contributed by atoms with Crippen LogP contribution >= 0.6 is 0 Å². The van der Waals surface area contributed by atoms with Crippen LogP contribution in [0.25, 0.3) is 0 Å². The van der Waals surface area contributed by atoms with Crippen LogP contribution in [0.3, 0.4) is 0 Å². The number of hydrogen-bond acceptors (Lipinski definition) is 3. The summed E-state index contributed by atoms with van der Waals surface area (Å²) in [5.74, 6) is -2.15. The summed E-state index contributed by atoms with van der Waals surface area (Å²) >= 11 is 0. The molecule has 0 fully saturated rings. The first-order valence-corrected chi connectivity index (χ1v) is 2.06. The van der Waals surface area contributed by atoms with Crippen molar-refractivity contribution in [2.45, 2.75) is 12.8 Å².